The van der Waals surface area contributed by atoms with Crippen molar-refractivity contribution in [1.82, 2.24) is 4.57 Å². The Bertz CT molecular complexity index is 2380. The minimum atomic E-state index is -0.366. The maximum atomic E-state index is 14.0. The van der Waals surface area contributed by atoms with Crippen molar-refractivity contribution in [1.29, 1.82) is 5.26 Å². The highest BCUT2D eigenvalue weighted by Gasteiger charge is 2.39. The molecule has 0 saturated heterocycles. The third kappa shape index (κ3) is 4.10. The molecule has 0 spiro atoms. The summed E-state index contributed by atoms with van der Waals surface area (Å²) in [6, 6.07) is 44.0. The second-order valence-electron chi connectivity index (χ2n) is 11.1. The van der Waals surface area contributed by atoms with E-state index in [1.165, 1.54) is 4.90 Å². The Morgan fingerprint density at radius 1 is 0.609 bits per heavy atom. The van der Waals surface area contributed by atoms with Gasteiger partial charge in [0.2, 0.25) is 0 Å². The Labute approximate surface area is 264 Å². The van der Waals surface area contributed by atoms with E-state index < -0.39 is 0 Å². The maximum absolute atomic E-state index is 14.0. The minimum absolute atomic E-state index is 0.351. The van der Waals surface area contributed by atoms with Crippen LogP contribution in [0.5, 0.6) is 0 Å². The first-order chi connectivity index (χ1) is 22.6. The zero-order chi connectivity index (χ0) is 31.4. The third-order valence-corrected chi connectivity index (χ3v) is 8.55. The largest absolute Gasteiger partial charge is 0.308 e. The predicted octanol–water partition coefficient (Wildman–Crippen LogP) is 9.34. The van der Waals surface area contributed by atoms with E-state index in [1.54, 1.807) is 30.3 Å². The highest BCUT2D eigenvalue weighted by Crippen LogP contribution is 2.40. The zero-order valence-corrected chi connectivity index (χ0v) is 24.3. The van der Waals surface area contributed by atoms with Crippen LogP contribution in [0.25, 0.3) is 54.6 Å². The molecule has 46 heavy (non-hydrogen) atoms. The van der Waals surface area contributed by atoms with Gasteiger partial charge in [-0.1, -0.05) is 66.7 Å². The number of imide groups is 1. The van der Waals surface area contributed by atoms with Gasteiger partial charge in [0.05, 0.1) is 51.7 Å². The highest BCUT2D eigenvalue weighted by molar-refractivity contribution is 6.35. The van der Waals surface area contributed by atoms with Crippen LogP contribution in [0.1, 0.15) is 26.3 Å². The number of carbonyl (C=O) groups is 2. The summed E-state index contributed by atoms with van der Waals surface area (Å²) in [4.78, 5) is 32.5. The topological polar surface area (TPSA) is 70.5 Å². The number of carbonyl (C=O) groups excluding carboxylic acids is 2. The molecule has 6 aromatic carbocycles. The van der Waals surface area contributed by atoms with Crippen molar-refractivity contribution >= 4 is 45.0 Å². The number of para-hydroxylation sites is 1. The van der Waals surface area contributed by atoms with Crippen molar-refractivity contribution in [3.05, 3.63) is 162 Å². The lowest BCUT2D eigenvalue weighted by Gasteiger charge is -2.14. The van der Waals surface area contributed by atoms with Crippen molar-refractivity contribution < 1.29 is 9.59 Å². The van der Waals surface area contributed by atoms with E-state index in [4.69, 9.17) is 6.57 Å². The quantitative estimate of drug-likeness (QED) is 0.151. The maximum Gasteiger partial charge on any atom is 0.268 e. The average molecular weight is 591 g/mol. The summed E-state index contributed by atoms with van der Waals surface area (Å²) in [5.74, 6) is -0.718. The number of hydrogen-bond acceptors (Lipinski definition) is 3. The molecule has 1 aliphatic rings. The van der Waals surface area contributed by atoms with Crippen LogP contribution in [-0.2, 0) is 0 Å². The van der Waals surface area contributed by atoms with Crippen LogP contribution in [0.15, 0.2) is 133 Å². The molecule has 214 valence electrons. The molecule has 0 radical (unpaired) electrons. The van der Waals surface area contributed by atoms with Crippen molar-refractivity contribution in [2.45, 2.75) is 0 Å². The number of hydrogen-bond donors (Lipinski definition) is 0. The van der Waals surface area contributed by atoms with Crippen LogP contribution in [0.3, 0.4) is 0 Å². The standard InChI is InChI=1S/C40H22N4O2/c1-42-30-11-6-10-27(21-30)29-17-19-36-34(23-29)33-22-28(26-9-5-8-25(20-26)24-41)16-18-35(33)44(36)37-15-7-14-32-38(37)40(46)43(39(32)45)31-12-3-2-4-13-31/h2-23H. The number of nitrogens with zero attached hydrogens (tertiary/aromatic N) is 4. The van der Waals surface area contributed by atoms with Gasteiger partial charge in [0, 0.05) is 10.8 Å². The van der Waals surface area contributed by atoms with E-state index in [0.717, 1.165) is 44.1 Å². The molecule has 2 heterocycles. The molecule has 6 heteroatoms. The smallest absolute Gasteiger partial charge is 0.268 e. The van der Waals surface area contributed by atoms with E-state index >= 15 is 0 Å². The lowest BCUT2D eigenvalue weighted by molar-refractivity contribution is 0.0926. The van der Waals surface area contributed by atoms with Gasteiger partial charge < -0.3 is 4.57 Å². The Morgan fingerprint density at radius 3 is 1.91 bits per heavy atom. The van der Waals surface area contributed by atoms with Gasteiger partial charge in [-0.25, -0.2) is 9.74 Å². The molecule has 0 N–H and O–H groups in total. The van der Waals surface area contributed by atoms with E-state index in [0.29, 0.717) is 33.8 Å². The second kappa shape index (κ2) is 10.4. The number of aromatic nitrogens is 1. The molecule has 0 fully saturated rings. The summed E-state index contributed by atoms with van der Waals surface area (Å²) in [5, 5.41) is 11.4. The van der Waals surface area contributed by atoms with E-state index in [9.17, 15) is 14.9 Å². The molecule has 0 bridgehead atoms. The fraction of sp³-hybridized carbons (Fsp3) is 0. The fourth-order valence-electron chi connectivity index (χ4n) is 6.43. The molecule has 0 unspecified atom stereocenters. The van der Waals surface area contributed by atoms with Crippen molar-refractivity contribution in [2.75, 3.05) is 4.90 Å². The summed E-state index contributed by atoms with van der Waals surface area (Å²) in [6.45, 7) is 7.48. The summed E-state index contributed by atoms with van der Waals surface area (Å²) in [6.07, 6.45) is 0. The lowest BCUT2D eigenvalue weighted by Crippen LogP contribution is -2.29. The Kier molecular flexibility index (Phi) is 6.10. The van der Waals surface area contributed by atoms with E-state index in [1.807, 2.05) is 91.0 Å². The van der Waals surface area contributed by atoms with Gasteiger partial charge in [0.1, 0.15) is 0 Å². The van der Waals surface area contributed by atoms with E-state index in [2.05, 4.69) is 27.6 Å². The fourth-order valence-corrected chi connectivity index (χ4v) is 6.43. The third-order valence-electron chi connectivity index (χ3n) is 8.55. The normalized spacial score (nSPS) is 12.3. The number of benzene rings is 6. The Morgan fingerprint density at radius 2 is 1.24 bits per heavy atom. The average Bonchev–Trinajstić information content (AvgIpc) is 3.58. The van der Waals surface area contributed by atoms with Gasteiger partial charge in [-0.15, -0.1) is 0 Å². The lowest BCUT2D eigenvalue weighted by atomic mass is 9.99. The minimum Gasteiger partial charge on any atom is -0.308 e. The summed E-state index contributed by atoms with van der Waals surface area (Å²) < 4.78 is 2.05. The molecular formula is C40H22N4O2. The van der Waals surface area contributed by atoms with Gasteiger partial charge in [-0.05, 0) is 89.0 Å². The first kappa shape index (κ1) is 26.8. The van der Waals surface area contributed by atoms with Crippen LogP contribution in [0, 0.1) is 17.9 Å². The highest BCUT2D eigenvalue weighted by atomic mass is 16.2. The number of rotatable bonds is 4. The van der Waals surface area contributed by atoms with Crippen molar-refractivity contribution in [2.24, 2.45) is 0 Å². The second-order valence-corrected chi connectivity index (χ2v) is 11.1. The van der Waals surface area contributed by atoms with Gasteiger partial charge >= 0.3 is 0 Å². The predicted molar refractivity (Wildman–Crippen MR) is 180 cm³/mol. The van der Waals surface area contributed by atoms with Crippen LogP contribution in [0.2, 0.25) is 0 Å². The first-order valence-electron chi connectivity index (χ1n) is 14.7. The summed E-state index contributed by atoms with van der Waals surface area (Å²) >= 11 is 0. The van der Waals surface area contributed by atoms with Gasteiger partial charge in [0.25, 0.3) is 11.8 Å². The summed E-state index contributed by atoms with van der Waals surface area (Å²) in [7, 11) is 0. The molecule has 1 aromatic heterocycles. The van der Waals surface area contributed by atoms with Gasteiger partial charge in [-0.3, -0.25) is 9.59 Å². The molecule has 0 aliphatic carbocycles. The SMILES string of the molecule is [C-]#[N+]c1cccc(-c2ccc3c(c2)c2cc(-c4cccc(C#N)c4)ccc2n3-c2cccc3c2C(=O)N(c2ccccc2)C3=O)c1. The number of nitriles is 1. The molecule has 0 saturated carbocycles. The Hall–Kier alpha value is -6.76. The van der Waals surface area contributed by atoms with Gasteiger partial charge in [0.15, 0.2) is 5.69 Å². The number of fused-ring (bicyclic) bond motifs is 4. The molecule has 1 aliphatic heterocycles. The molecule has 2 amide bonds. The van der Waals surface area contributed by atoms with E-state index in [-0.39, 0.29) is 11.8 Å². The Balaban J connectivity index is 1.39. The molecule has 6 nitrogen and oxygen atoms in total. The number of anilines is 1. The zero-order valence-electron chi connectivity index (χ0n) is 24.3. The van der Waals surface area contributed by atoms with Crippen molar-refractivity contribution in [3.8, 4) is 34.0 Å². The molecular weight excluding hydrogens is 568 g/mol. The van der Waals surface area contributed by atoms with Crippen molar-refractivity contribution in [3.63, 3.8) is 0 Å². The molecule has 0 atom stereocenters. The van der Waals surface area contributed by atoms with Crippen LogP contribution >= 0.6 is 0 Å². The van der Waals surface area contributed by atoms with Crippen LogP contribution < -0.4 is 4.90 Å². The molecule has 8 rings (SSSR count). The number of amides is 2. The monoisotopic (exact) mass is 590 g/mol. The molecule has 7 aromatic rings. The van der Waals surface area contributed by atoms with Crippen LogP contribution in [0.4, 0.5) is 11.4 Å². The van der Waals surface area contributed by atoms with Crippen LogP contribution in [-0.4, -0.2) is 16.4 Å². The van der Waals surface area contributed by atoms with Gasteiger partial charge in [-0.2, -0.15) is 5.26 Å². The summed E-state index contributed by atoms with van der Waals surface area (Å²) in [5.41, 5.74) is 8.49. The first-order valence-corrected chi connectivity index (χ1v) is 14.7.